The van der Waals surface area contributed by atoms with E-state index < -0.39 is 6.10 Å². The zero-order valence-corrected chi connectivity index (χ0v) is 16.2. The molecule has 0 spiro atoms. The van der Waals surface area contributed by atoms with E-state index in [1.807, 2.05) is 29.1 Å². The highest BCUT2D eigenvalue weighted by Gasteiger charge is 2.34. The second kappa shape index (κ2) is 8.28. The van der Waals surface area contributed by atoms with Gasteiger partial charge >= 0.3 is 0 Å². The lowest BCUT2D eigenvalue weighted by Crippen LogP contribution is -2.45. The zero-order chi connectivity index (χ0) is 19.5. The van der Waals surface area contributed by atoms with Gasteiger partial charge in [0.05, 0.1) is 12.1 Å². The molecule has 2 fully saturated rings. The number of nitrogens with one attached hydrogen (secondary N) is 1. The van der Waals surface area contributed by atoms with Gasteiger partial charge in [-0.1, -0.05) is 6.07 Å². The number of aliphatic hydroxyl groups is 1. The lowest BCUT2D eigenvalue weighted by Gasteiger charge is -2.33. The molecule has 1 aliphatic carbocycles. The van der Waals surface area contributed by atoms with Crippen molar-refractivity contribution >= 4 is 11.7 Å². The van der Waals surface area contributed by atoms with Crippen LogP contribution >= 0.6 is 0 Å². The molecular weight excluding hydrogens is 356 g/mol. The van der Waals surface area contributed by atoms with E-state index in [0.29, 0.717) is 18.0 Å². The number of amides is 1. The Morgan fingerprint density at radius 2 is 2.04 bits per heavy atom. The first-order valence-corrected chi connectivity index (χ1v) is 9.95. The summed E-state index contributed by atoms with van der Waals surface area (Å²) in [5, 5.41) is 17.6. The first kappa shape index (κ1) is 18.9. The van der Waals surface area contributed by atoms with Gasteiger partial charge < -0.3 is 20.2 Å². The minimum atomic E-state index is -0.537. The first-order chi connectivity index (χ1) is 13.6. The van der Waals surface area contributed by atoms with Gasteiger partial charge in [-0.2, -0.15) is 5.10 Å². The van der Waals surface area contributed by atoms with Crippen molar-refractivity contribution in [2.24, 2.45) is 5.92 Å². The summed E-state index contributed by atoms with van der Waals surface area (Å²) in [4.78, 5) is 21.8. The van der Waals surface area contributed by atoms with Crippen molar-refractivity contribution in [3.63, 3.8) is 0 Å². The molecule has 2 N–H and O–H groups in total. The largest absolute Gasteiger partial charge is 0.391 e. The Bertz CT molecular complexity index is 788. The van der Waals surface area contributed by atoms with Crippen molar-refractivity contribution in [2.75, 3.05) is 38.1 Å². The van der Waals surface area contributed by atoms with Crippen LogP contribution in [0.25, 0.3) is 0 Å². The number of pyridine rings is 1. The van der Waals surface area contributed by atoms with E-state index >= 15 is 0 Å². The molecule has 1 amide bonds. The summed E-state index contributed by atoms with van der Waals surface area (Å²) in [7, 11) is 2.11. The Morgan fingerprint density at radius 1 is 1.21 bits per heavy atom. The van der Waals surface area contributed by atoms with E-state index in [1.54, 1.807) is 12.3 Å². The maximum Gasteiger partial charge on any atom is 0.270 e. The third kappa shape index (κ3) is 4.34. The summed E-state index contributed by atoms with van der Waals surface area (Å²) in [5.74, 6) is 0.911. The predicted octanol–water partition coefficient (Wildman–Crippen LogP) is 0.599. The topological polar surface area (TPSA) is 86.5 Å². The van der Waals surface area contributed by atoms with Crippen molar-refractivity contribution in [3.05, 3.63) is 42.4 Å². The lowest BCUT2D eigenvalue weighted by atomic mass is 10.1. The standard InChI is InChI=1S/C20H28N6O2/c1-24-8-10-25(11-9-24)19-5-2-4-16(22-19)20(28)23-17-12-15(13-18(17)27)14-26-7-3-6-21-26/h2-7,15,17-18,27H,8-14H2,1H3,(H,23,28)/t15?,17-,18-/m1/s1. The quantitative estimate of drug-likeness (QED) is 0.785. The number of carbonyl (C=O) groups is 1. The summed E-state index contributed by atoms with van der Waals surface area (Å²) < 4.78 is 1.88. The highest BCUT2D eigenvalue weighted by Crippen LogP contribution is 2.27. The maximum atomic E-state index is 12.7. The lowest BCUT2D eigenvalue weighted by molar-refractivity contribution is 0.0868. The molecule has 3 atom stereocenters. The summed E-state index contributed by atoms with van der Waals surface area (Å²) in [6.45, 7) is 4.55. The van der Waals surface area contributed by atoms with Crippen molar-refractivity contribution in [1.82, 2.24) is 25.0 Å². The highest BCUT2D eigenvalue weighted by atomic mass is 16.3. The molecule has 28 heavy (non-hydrogen) atoms. The van der Waals surface area contributed by atoms with Crippen LogP contribution in [-0.2, 0) is 6.54 Å². The molecule has 2 aliphatic rings. The zero-order valence-electron chi connectivity index (χ0n) is 16.2. The second-order valence-corrected chi connectivity index (χ2v) is 7.88. The number of aliphatic hydroxyl groups excluding tert-OH is 1. The second-order valence-electron chi connectivity index (χ2n) is 7.88. The number of hydrogen-bond donors (Lipinski definition) is 2. The van der Waals surface area contributed by atoms with Crippen LogP contribution in [0.2, 0.25) is 0 Å². The van der Waals surface area contributed by atoms with Gasteiger partial charge in [0.1, 0.15) is 11.5 Å². The number of hydrogen-bond acceptors (Lipinski definition) is 6. The number of anilines is 1. The summed E-state index contributed by atoms with van der Waals surface area (Å²) in [5.41, 5.74) is 0.402. The molecule has 3 heterocycles. The van der Waals surface area contributed by atoms with Gasteiger partial charge in [-0.25, -0.2) is 4.98 Å². The molecule has 0 bridgehead atoms. The number of piperazine rings is 1. The van der Waals surface area contributed by atoms with Gasteiger partial charge in [-0.15, -0.1) is 0 Å². The molecular formula is C20H28N6O2. The van der Waals surface area contributed by atoms with Gasteiger partial charge in [0.2, 0.25) is 0 Å². The third-order valence-electron chi connectivity index (χ3n) is 5.74. The Morgan fingerprint density at radius 3 is 2.79 bits per heavy atom. The van der Waals surface area contributed by atoms with Crippen LogP contribution in [0.5, 0.6) is 0 Å². The molecule has 4 rings (SSSR count). The molecule has 1 saturated heterocycles. The molecule has 2 aromatic heterocycles. The number of aromatic nitrogens is 3. The molecule has 2 aromatic rings. The third-order valence-corrected chi connectivity index (χ3v) is 5.74. The van der Waals surface area contributed by atoms with Crippen LogP contribution in [0.3, 0.4) is 0 Å². The Hall–Kier alpha value is -2.45. The average Bonchev–Trinajstić information content (AvgIpc) is 3.32. The number of rotatable bonds is 5. The van der Waals surface area contributed by atoms with E-state index in [9.17, 15) is 9.90 Å². The van der Waals surface area contributed by atoms with Gasteiger partial charge in [-0.05, 0) is 44.0 Å². The molecule has 150 valence electrons. The fraction of sp³-hybridized carbons (Fsp3) is 0.550. The molecule has 8 heteroatoms. The molecule has 0 aromatic carbocycles. The van der Waals surface area contributed by atoms with Crippen LogP contribution in [0.1, 0.15) is 23.3 Å². The number of nitrogens with zero attached hydrogens (tertiary/aromatic N) is 5. The molecule has 1 saturated carbocycles. The molecule has 1 aliphatic heterocycles. The minimum Gasteiger partial charge on any atom is -0.391 e. The highest BCUT2D eigenvalue weighted by molar-refractivity contribution is 5.92. The first-order valence-electron chi connectivity index (χ1n) is 9.95. The number of carbonyl (C=O) groups excluding carboxylic acids is 1. The smallest absolute Gasteiger partial charge is 0.270 e. The van der Waals surface area contributed by atoms with E-state index in [1.165, 1.54) is 0 Å². The normalized spacial score (nSPS) is 25.8. The van der Waals surface area contributed by atoms with E-state index in [-0.39, 0.29) is 11.9 Å². The van der Waals surface area contributed by atoms with E-state index in [4.69, 9.17) is 0 Å². The van der Waals surface area contributed by atoms with Crippen molar-refractivity contribution in [2.45, 2.75) is 31.5 Å². The predicted molar refractivity (Wildman–Crippen MR) is 106 cm³/mol. The van der Waals surface area contributed by atoms with Crippen LogP contribution < -0.4 is 10.2 Å². The maximum absolute atomic E-state index is 12.7. The van der Waals surface area contributed by atoms with E-state index in [0.717, 1.165) is 45.0 Å². The fourth-order valence-corrected chi connectivity index (χ4v) is 4.10. The van der Waals surface area contributed by atoms with Crippen molar-refractivity contribution < 1.29 is 9.90 Å². The SMILES string of the molecule is CN1CCN(c2cccc(C(=O)N[C@@H]3CC(Cn4cccn4)C[C@H]3O)n2)CC1. The van der Waals surface area contributed by atoms with Crippen molar-refractivity contribution in [1.29, 1.82) is 0 Å². The van der Waals surface area contributed by atoms with Crippen LogP contribution in [0, 0.1) is 5.92 Å². The van der Waals surface area contributed by atoms with Gasteiger partial charge in [-0.3, -0.25) is 9.48 Å². The average molecular weight is 384 g/mol. The van der Waals surface area contributed by atoms with Gasteiger partial charge in [0, 0.05) is 45.1 Å². The van der Waals surface area contributed by atoms with Crippen LogP contribution in [0.4, 0.5) is 5.82 Å². The fourth-order valence-electron chi connectivity index (χ4n) is 4.10. The molecule has 8 nitrogen and oxygen atoms in total. The Kier molecular flexibility index (Phi) is 5.59. The van der Waals surface area contributed by atoms with Crippen LogP contribution in [0.15, 0.2) is 36.7 Å². The summed E-state index contributed by atoms with van der Waals surface area (Å²) in [6, 6.07) is 7.21. The number of likely N-dealkylation sites (N-methyl/N-ethyl adjacent to an activating group) is 1. The molecule has 0 radical (unpaired) electrons. The van der Waals surface area contributed by atoms with Gasteiger partial charge in [0.25, 0.3) is 5.91 Å². The Balaban J connectivity index is 1.36. The van der Waals surface area contributed by atoms with Crippen molar-refractivity contribution in [3.8, 4) is 0 Å². The summed E-state index contributed by atoms with van der Waals surface area (Å²) in [6.07, 6.45) is 4.55. The Labute approximate surface area is 165 Å². The summed E-state index contributed by atoms with van der Waals surface area (Å²) >= 11 is 0. The van der Waals surface area contributed by atoms with Gasteiger partial charge in [0.15, 0.2) is 0 Å². The van der Waals surface area contributed by atoms with E-state index in [2.05, 4.69) is 32.2 Å². The molecule has 1 unspecified atom stereocenters. The minimum absolute atomic E-state index is 0.222. The van der Waals surface area contributed by atoms with Crippen LogP contribution in [-0.4, -0.2) is 76.1 Å². The monoisotopic (exact) mass is 384 g/mol.